The number of nitrogens with zero attached hydrogens (tertiary/aromatic N) is 2. The van der Waals surface area contributed by atoms with Crippen molar-refractivity contribution in [1.82, 2.24) is 9.88 Å². The van der Waals surface area contributed by atoms with Crippen LogP contribution >= 0.6 is 27.3 Å². The Morgan fingerprint density at radius 3 is 2.73 bits per heavy atom. The Kier molecular flexibility index (Phi) is 4.61. The first-order valence-corrected chi connectivity index (χ1v) is 8.91. The number of aromatic nitrogens is 1. The van der Waals surface area contributed by atoms with E-state index in [1.807, 2.05) is 34.5 Å². The Morgan fingerprint density at radius 2 is 2.14 bits per heavy atom. The number of thiazole rings is 1. The molecule has 1 fully saturated rings. The highest BCUT2D eigenvalue weighted by atomic mass is 79.9. The second kappa shape index (κ2) is 6.48. The van der Waals surface area contributed by atoms with Gasteiger partial charge in [0.2, 0.25) is 0 Å². The molecule has 3 rings (SSSR count). The molecule has 0 spiro atoms. The number of hydrogen-bond donors (Lipinski definition) is 1. The van der Waals surface area contributed by atoms with Gasteiger partial charge in [-0.05, 0) is 31.9 Å². The lowest BCUT2D eigenvalue weighted by Gasteiger charge is -2.25. The first kappa shape index (κ1) is 15.6. The number of rotatable bonds is 6. The smallest absolute Gasteiger partial charge is 0.320 e. The minimum atomic E-state index is -0.768. The largest absolute Gasteiger partial charge is 0.480 e. The zero-order valence-electron chi connectivity index (χ0n) is 12.2. The molecule has 1 heterocycles. The number of carboxylic acids is 1. The van der Waals surface area contributed by atoms with Crippen LogP contribution in [0.15, 0.2) is 34.1 Å². The van der Waals surface area contributed by atoms with E-state index in [-0.39, 0.29) is 0 Å². The summed E-state index contributed by atoms with van der Waals surface area (Å²) in [7, 11) is 0. The minimum absolute atomic E-state index is 0.393. The van der Waals surface area contributed by atoms with Crippen LogP contribution < -0.4 is 0 Å². The normalized spacial score (nSPS) is 16.0. The predicted octanol–water partition coefficient (Wildman–Crippen LogP) is 4.01. The Labute approximate surface area is 141 Å². The molecule has 1 unspecified atom stereocenters. The lowest BCUT2D eigenvalue weighted by atomic mass is 10.2. The van der Waals surface area contributed by atoms with Gasteiger partial charge in [-0.3, -0.25) is 9.69 Å². The summed E-state index contributed by atoms with van der Waals surface area (Å²) in [6.45, 7) is 2.35. The van der Waals surface area contributed by atoms with Crippen LogP contribution in [0.2, 0.25) is 0 Å². The van der Waals surface area contributed by atoms with E-state index in [2.05, 4.69) is 20.9 Å². The third-order valence-corrected chi connectivity index (χ3v) is 5.33. The van der Waals surface area contributed by atoms with E-state index in [0.29, 0.717) is 12.6 Å². The lowest BCUT2D eigenvalue weighted by Crippen LogP contribution is -2.40. The van der Waals surface area contributed by atoms with Gasteiger partial charge in [-0.25, -0.2) is 4.98 Å². The average molecular weight is 381 g/mol. The van der Waals surface area contributed by atoms with Gasteiger partial charge in [-0.15, -0.1) is 11.3 Å². The summed E-state index contributed by atoms with van der Waals surface area (Å²) >= 11 is 5.03. The fraction of sp³-hybridized carbons (Fsp3) is 0.375. The van der Waals surface area contributed by atoms with Crippen molar-refractivity contribution in [3.8, 4) is 10.6 Å². The minimum Gasteiger partial charge on any atom is -0.480 e. The second-order valence-corrected chi connectivity index (χ2v) is 7.34. The molecule has 1 atom stereocenters. The monoisotopic (exact) mass is 380 g/mol. The van der Waals surface area contributed by atoms with Gasteiger partial charge in [0.15, 0.2) is 0 Å². The van der Waals surface area contributed by atoms with Crippen LogP contribution in [0.25, 0.3) is 10.6 Å². The van der Waals surface area contributed by atoms with Gasteiger partial charge in [0, 0.05) is 28.0 Å². The number of carbonyl (C=O) groups is 1. The molecule has 1 saturated carbocycles. The highest BCUT2D eigenvalue weighted by Gasteiger charge is 2.35. The fourth-order valence-electron chi connectivity index (χ4n) is 2.42. The molecule has 0 radical (unpaired) electrons. The number of carboxylic acid groups (broad SMARTS) is 1. The van der Waals surface area contributed by atoms with E-state index in [1.54, 1.807) is 18.3 Å². The van der Waals surface area contributed by atoms with E-state index < -0.39 is 12.0 Å². The summed E-state index contributed by atoms with van der Waals surface area (Å²) in [4.78, 5) is 18.0. The van der Waals surface area contributed by atoms with Crippen molar-refractivity contribution in [2.75, 3.05) is 0 Å². The Morgan fingerprint density at radius 1 is 1.45 bits per heavy atom. The summed E-state index contributed by atoms with van der Waals surface area (Å²) in [6.07, 6.45) is 2.17. The van der Waals surface area contributed by atoms with Crippen molar-refractivity contribution >= 4 is 33.2 Å². The van der Waals surface area contributed by atoms with Crippen LogP contribution in [-0.2, 0) is 11.3 Å². The fourth-order valence-corrected chi connectivity index (χ4v) is 3.50. The van der Waals surface area contributed by atoms with E-state index in [1.165, 1.54) is 0 Å². The summed E-state index contributed by atoms with van der Waals surface area (Å²) < 4.78 is 1.04. The van der Waals surface area contributed by atoms with E-state index in [4.69, 9.17) is 0 Å². The molecule has 116 valence electrons. The molecule has 0 bridgehead atoms. The maximum Gasteiger partial charge on any atom is 0.320 e. The first-order valence-electron chi connectivity index (χ1n) is 7.23. The topological polar surface area (TPSA) is 53.4 Å². The van der Waals surface area contributed by atoms with Crippen LogP contribution in [0, 0.1) is 0 Å². The van der Waals surface area contributed by atoms with Crippen LogP contribution in [0.4, 0.5) is 0 Å². The number of halogens is 1. The molecule has 1 N–H and O–H groups in total. The molecule has 0 saturated heterocycles. The summed E-state index contributed by atoms with van der Waals surface area (Å²) in [5.41, 5.74) is 2.03. The maximum atomic E-state index is 11.3. The third kappa shape index (κ3) is 3.56. The molecule has 1 aliphatic rings. The lowest BCUT2D eigenvalue weighted by molar-refractivity contribution is -0.143. The van der Waals surface area contributed by atoms with Gasteiger partial charge in [-0.1, -0.05) is 28.1 Å². The second-order valence-electron chi connectivity index (χ2n) is 5.57. The molecular formula is C16H17BrN2O2S. The maximum absolute atomic E-state index is 11.3. The molecular weight excluding hydrogens is 364 g/mol. The van der Waals surface area contributed by atoms with Crippen LogP contribution in [0.5, 0.6) is 0 Å². The highest BCUT2D eigenvalue weighted by molar-refractivity contribution is 9.10. The van der Waals surface area contributed by atoms with Crippen LogP contribution in [0.1, 0.15) is 25.5 Å². The van der Waals surface area contributed by atoms with Crippen molar-refractivity contribution in [3.05, 3.63) is 39.8 Å². The quantitative estimate of drug-likeness (QED) is 0.822. The highest BCUT2D eigenvalue weighted by Crippen LogP contribution is 2.31. The van der Waals surface area contributed by atoms with Crippen LogP contribution in [-0.4, -0.2) is 33.0 Å². The zero-order valence-corrected chi connectivity index (χ0v) is 14.6. The van der Waals surface area contributed by atoms with Gasteiger partial charge >= 0.3 is 5.97 Å². The van der Waals surface area contributed by atoms with Crippen molar-refractivity contribution < 1.29 is 9.90 Å². The molecule has 1 aromatic heterocycles. The SMILES string of the molecule is CC(C(=O)O)N(Cc1csc(-c2ccc(Br)cc2)n1)C1CC1. The Balaban J connectivity index is 1.75. The molecule has 1 aromatic carbocycles. The van der Waals surface area contributed by atoms with Crippen molar-refractivity contribution in [2.24, 2.45) is 0 Å². The molecule has 4 nitrogen and oxygen atoms in total. The van der Waals surface area contributed by atoms with Gasteiger partial charge in [0.1, 0.15) is 11.0 Å². The summed E-state index contributed by atoms with van der Waals surface area (Å²) in [5, 5.41) is 12.3. The van der Waals surface area contributed by atoms with Gasteiger partial charge in [-0.2, -0.15) is 0 Å². The van der Waals surface area contributed by atoms with Crippen molar-refractivity contribution in [2.45, 2.75) is 38.4 Å². The van der Waals surface area contributed by atoms with Crippen molar-refractivity contribution in [3.63, 3.8) is 0 Å². The van der Waals surface area contributed by atoms with Crippen molar-refractivity contribution in [1.29, 1.82) is 0 Å². The predicted molar refractivity (Wildman–Crippen MR) is 90.9 cm³/mol. The number of hydrogen-bond acceptors (Lipinski definition) is 4. The van der Waals surface area contributed by atoms with Gasteiger partial charge in [0.25, 0.3) is 0 Å². The average Bonchev–Trinajstić information content (AvgIpc) is 3.24. The molecule has 1 aliphatic carbocycles. The molecule has 0 aliphatic heterocycles. The molecule has 22 heavy (non-hydrogen) atoms. The molecule has 6 heteroatoms. The van der Waals surface area contributed by atoms with E-state index in [0.717, 1.165) is 33.6 Å². The zero-order chi connectivity index (χ0) is 15.7. The van der Waals surface area contributed by atoms with Gasteiger partial charge in [0.05, 0.1) is 5.69 Å². The summed E-state index contributed by atoms with van der Waals surface area (Å²) in [6, 6.07) is 7.99. The third-order valence-electron chi connectivity index (χ3n) is 3.86. The Bertz CT molecular complexity index is 667. The van der Waals surface area contributed by atoms with Gasteiger partial charge < -0.3 is 5.11 Å². The number of aliphatic carboxylic acids is 1. The first-order chi connectivity index (χ1) is 10.5. The number of benzene rings is 1. The van der Waals surface area contributed by atoms with E-state index >= 15 is 0 Å². The molecule has 0 amide bonds. The summed E-state index contributed by atoms with van der Waals surface area (Å²) in [5.74, 6) is -0.768. The molecule has 2 aromatic rings. The standard InChI is InChI=1S/C16H17BrN2O2S/c1-10(16(20)21)19(14-6-7-14)8-13-9-22-15(18-13)11-2-4-12(17)5-3-11/h2-5,9-10,14H,6-8H2,1H3,(H,20,21). The van der Waals surface area contributed by atoms with E-state index in [9.17, 15) is 9.90 Å². The van der Waals surface area contributed by atoms with Crippen LogP contribution in [0.3, 0.4) is 0 Å². The Hall–Kier alpha value is -1.24.